The molecule has 5 nitrogen and oxygen atoms in total. The Balaban J connectivity index is 1.36. The average Bonchev–Trinajstić information content (AvgIpc) is 2.70. The molecule has 1 saturated heterocycles. The van der Waals surface area contributed by atoms with Gasteiger partial charge in [-0.25, -0.2) is 0 Å². The van der Waals surface area contributed by atoms with Crippen molar-refractivity contribution in [3.63, 3.8) is 0 Å². The van der Waals surface area contributed by atoms with Gasteiger partial charge in [0.2, 0.25) is 11.8 Å². The number of para-hydroxylation sites is 1. The van der Waals surface area contributed by atoms with Gasteiger partial charge in [0, 0.05) is 55.2 Å². The van der Waals surface area contributed by atoms with Crippen LogP contribution in [0.5, 0.6) is 0 Å². The Morgan fingerprint density at radius 2 is 1.89 bits per heavy atom. The molecule has 0 aromatic heterocycles. The van der Waals surface area contributed by atoms with Gasteiger partial charge in [-0.3, -0.25) is 14.5 Å². The predicted molar refractivity (Wildman–Crippen MR) is 116 cm³/mol. The molecule has 3 rings (SSSR count). The van der Waals surface area contributed by atoms with Gasteiger partial charge in [-0.2, -0.15) is 0 Å². The van der Waals surface area contributed by atoms with Crippen LogP contribution in [0, 0.1) is 0 Å². The van der Waals surface area contributed by atoms with Crippen LogP contribution < -0.4 is 10.2 Å². The molecule has 154 valence electrons. The lowest BCUT2D eigenvalue weighted by Crippen LogP contribution is -2.44. The van der Waals surface area contributed by atoms with Gasteiger partial charge in [0.25, 0.3) is 0 Å². The van der Waals surface area contributed by atoms with Crippen LogP contribution in [0.25, 0.3) is 0 Å². The number of amides is 2. The minimum Gasteiger partial charge on any atom is -0.356 e. The fraction of sp³-hybridized carbons (Fsp3) is 0.636. The molecule has 2 atom stereocenters. The number of fused-ring (bicyclic) bond motifs is 1. The molecule has 2 aliphatic heterocycles. The van der Waals surface area contributed by atoms with Crippen molar-refractivity contribution in [3.8, 4) is 0 Å². The summed E-state index contributed by atoms with van der Waals surface area (Å²) in [6.07, 6.45) is 5.37. The number of nitrogens with one attached hydrogen (secondary N) is 1. The molecule has 2 aliphatic rings. The Morgan fingerprint density at radius 3 is 2.68 bits per heavy atom. The monoisotopic (exact) mass is 403 g/mol. The Hall–Kier alpha value is -1.53. The molecule has 1 fully saturated rings. The first kappa shape index (κ1) is 21.2. The number of hydrogen-bond acceptors (Lipinski definition) is 4. The average molecular weight is 404 g/mol. The summed E-state index contributed by atoms with van der Waals surface area (Å²) in [5, 5.41) is 2.99. The summed E-state index contributed by atoms with van der Waals surface area (Å²) in [5.74, 6) is 0.925. The van der Waals surface area contributed by atoms with E-state index in [0.717, 1.165) is 29.3 Å². The highest BCUT2D eigenvalue weighted by Gasteiger charge is 2.24. The van der Waals surface area contributed by atoms with E-state index in [4.69, 9.17) is 0 Å². The van der Waals surface area contributed by atoms with E-state index >= 15 is 0 Å². The maximum Gasteiger partial charge on any atom is 0.227 e. The summed E-state index contributed by atoms with van der Waals surface area (Å²) in [4.78, 5) is 30.3. The van der Waals surface area contributed by atoms with Crippen LogP contribution in [0.1, 0.15) is 52.4 Å². The first-order chi connectivity index (χ1) is 13.6. The van der Waals surface area contributed by atoms with Gasteiger partial charge >= 0.3 is 0 Å². The highest BCUT2D eigenvalue weighted by atomic mass is 32.2. The van der Waals surface area contributed by atoms with E-state index < -0.39 is 0 Å². The summed E-state index contributed by atoms with van der Waals surface area (Å²) < 4.78 is 0. The van der Waals surface area contributed by atoms with Crippen molar-refractivity contribution in [1.82, 2.24) is 10.2 Å². The standard InChI is InChI=1S/C22H33N3O2S/c1-17-7-5-8-18(2)24(17)14-6-13-23-21(26)11-12-22(27)25-15-16-28-20-10-4-3-9-19(20)25/h3-4,9-10,17-18H,5-8,11-16H2,1-2H3,(H,23,26)/t17-,18-/m1/s1. The SMILES string of the molecule is C[C@@H]1CCC[C@@H](C)N1CCCNC(=O)CCC(=O)N1CCSc2ccccc21. The van der Waals surface area contributed by atoms with Crippen LogP contribution in [-0.4, -0.2) is 54.2 Å². The Kier molecular flexibility index (Phi) is 7.80. The molecule has 0 bridgehead atoms. The second kappa shape index (κ2) is 10.3. The molecule has 1 N–H and O–H groups in total. The zero-order chi connectivity index (χ0) is 19.9. The summed E-state index contributed by atoms with van der Waals surface area (Å²) in [5.41, 5.74) is 0.980. The Morgan fingerprint density at radius 1 is 1.14 bits per heavy atom. The number of benzene rings is 1. The molecular formula is C22H33N3O2S. The maximum atomic E-state index is 12.6. The third-order valence-corrected chi connectivity index (χ3v) is 6.93. The molecule has 0 unspecified atom stereocenters. The van der Waals surface area contributed by atoms with Gasteiger partial charge in [0.05, 0.1) is 5.69 Å². The summed E-state index contributed by atoms with van der Waals surface area (Å²) in [7, 11) is 0. The summed E-state index contributed by atoms with van der Waals surface area (Å²) >= 11 is 1.78. The fourth-order valence-corrected chi connectivity index (χ4v) is 5.27. The lowest BCUT2D eigenvalue weighted by molar-refractivity contribution is -0.125. The largest absolute Gasteiger partial charge is 0.356 e. The zero-order valence-electron chi connectivity index (χ0n) is 17.2. The van der Waals surface area contributed by atoms with E-state index in [-0.39, 0.29) is 24.7 Å². The highest BCUT2D eigenvalue weighted by Crippen LogP contribution is 2.34. The number of piperidine rings is 1. The number of carbonyl (C=O) groups is 2. The second-order valence-electron chi connectivity index (χ2n) is 7.93. The van der Waals surface area contributed by atoms with Crippen LogP contribution in [-0.2, 0) is 9.59 Å². The molecule has 1 aromatic carbocycles. The number of nitrogens with zero attached hydrogens (tertiary/aromatic N) is 2. The Bertz CT molecular complexity index is 672. The first-order valence-corrected chi connectivity index (χ1v) is 11.6. The molecule has 2 amide bonds. The molecule has 0 saturated carbocycles. The van der Waals surface area contributed by atoms with E-state index in [2.05, 4.69) is 30.1 Å². The van der Waals surface area contributed by atoms with Crippen LogP contribution in [0.3, 0.4) is 0 Å². The molecule has 6 heteroatoms. The van der Waals surface area contributed by atoms with Gasteiger partial charge in [-0.15, -0.1) is 11.8 Å². The van der Waals surface area contributed by atoms with Crippen molar-refractivity contribution in [2.75, 3.05) is 30.3 Å². The summed E-state index contributed by atoms with van der Waals surface area (Å²) in [6.45, 7) is 7.04. The van der Waals surface area contributed by atoms with Crippen molar-refractivity contribution in [1.29, 1.82) is 0 Å². The maximum absolute atomic E-state index is 12.6. The number of hydrogen-bond donors (Lipinski definition) is 1. The van der Waals surface area contributed by atoms with Gasteiger partial charge in [0.1, 0.15) is 0 Å². The van der Waals surface area contributed by atoms with Crippen molar-refractivity contribution in [2.24, 2.45) is 0 Å². The Labute approximate surface area is 173 Å². The van der Waals surface area contributed by atoms with Crippen molar-refractivity contribution in [3.05, 3.63) is 24.3 Å². The topological polar surface area (TPSA) is 52.7 Å². The number of anilines is 1. The molecule has 2 heterocycles. The molecule has 28 heavy (non-hydrogen) atoms. The van der Waals surface area contributed by atoms with Crippen LogP contribution in [0.4, 0.5) is 5.69 Å². The summed E-state index contributed by atoms with van der Waals surface area (Å²) in [6, 6.07) is 9.28. The van der Waals surface area contributed by atoms with E-state index in [1.807, 2.05) is 23.1 Å². The fourth-order valence-electron chi connectivity index (χ4n) is 4.28. The van der Waals surface area contributed by atoms with Crippen molar-refractivity contribution >= 4 is 29.3 Å². The van der Waals surface area contributed by atoms with E-state index in [1.165, 1.54) is 19.3 Å². The lowest BCUT2D eigenvalue weighted by atomic mass is 9.97. The highest BCUT2D eigenvalue weighted by molar-refractivity contribution is 7.99. The molecule has 0 spiro atoms. The number of carbonyl (C=O) groups excluding carboxylic acids is 2. The van der Waals surface area contributed by atoms with Gasteiger partial charge in [0.15, 0.2) is 0 Å². The van der Waals surface area contributed by atoms with Crippen molar-refractivity contribution in [2.45, 2.75) is 69.4 Å². The molecule has 0 radical (unpaired) electrons. The third kappa shape index (κ3) is 5.51. The number of likely N-dealkylation sites (tertiary alicyclic amines) is 1. The zero-order valence-corrected chi connectivity index (χ0v) is 18.0. The third-order valence-electron chi connectivity index (χ3n) is 5.89. The van der Waals surface area contributed by atoms with Gasteiger partial charge < -0.3 is 10.2 Å². The molecule has 0 aliphatic carbocycles. The first-order valence-electron chi connectivity index (χ1n) is 10.6. The second-order valence-corrected chi connectivity index (χ2v) is 9.07. The van der Waals surface area contributed by atoms with E-state index in [9.17, 15) is 9.59 Å². The van der Waals surface area contributed by atoms with Crippen LogP contribution in [0.2, 0.25) is 0 Å². The normalized spacial score (nSPS) is 22.6. The minimum absolute atomic E-state index is 0.0206. The van der Waals surface area contributed by atoms with E-state index in [0.29, 0.717) is 25.2 Å². The van der Waals surface area contributed by atoms with E-state index in [1.54, 1.807) is 11.8 Å². The van der Waals surface area contributed by atoms with Gasteiger partial charge in [-0.1, -0.05) is 18.6 Å². The van der Waals surface area contributed by atoms with Crippen molar-refractivity contribution < 1.29 is 9.59 Å². The van der Waals surface area contributed by atoms with Gasteiger partial charge in [-0.05, 0) is 45.2 Å². The molecular weight excluding hydrogens is 370 g/mol. The number of thioether (sulfide) groups is 1. The smallest absolute Gasteiger partial charge is 0.227 e. The lowest BCUT2D eigenvalue weighted by Gasteiger charge is -2.39. The van der Waals surface area contributed by atoms with Crippen LogP contribution >= 0.6 is 11.8 Å². The predicted octanol–water partition coefficient (Wildman–Crippen LogP) is 3.67. The molecule has 1 aromatic rings. The number of rotatable bonds is 7. The minimum atomic E-state index is -0.0206. The quantitative estimate of drug-likeness (QED) is 0.706. The van der Waals surface area contributed by atoms with Crippen LogP contribution in [0.15, 0.2) is 29.2 Å².